The minimum Gasteiger partial charge on any atom is -0.494 e. The summed E-state index contributed by atoms with van der Waals surface area (Å²) in [5.74, 6) is -1.56. The molecule has 31 heavy (non-hydrogen) atoms. The van der Waals surface area contributed by atoms with Gasteiger partial charge in [0.05, 0.1) is 17.7 Å². The molecule has 0 aliphatic rings. The first-order valence-electron chi connectivity index (χ1n) is 9.63. The van der Waals surface area contributed by atoms with Crippen LogP contribution in [0.5, 0.6) is 5.75 Å². The van der Waals surface area contributed by atoms with Crippen molar-refractivity contribution in [2.24, 2.45) is 0 Å². The van der Waals surface area contributed by atoms with E-state index in [1.807, 2.05) is 25.1 Å². The fourth-order valence-corrected chi connectivity index (χ4v) is 3.50. The summed E-state index contributed by atoms with van der Waals surface area (Å²) < 4.78 is 20.3. The van der Waals surface area contributed by atoms with Crippen LogP contribution in [0.15, 0.2) is 59.1 Å². The minimum absolute atomic E-state index is 0.0538. The van der Waals surface area contributed by atoms with Gasteiger partial charge in [-0.3, -0.25) is 4.79 Å². The standard InChI is InChI=1S/C24H21BrFNO4/c1-3-31-22-9-6-15(16-5-4-14(2)20(11-16)24(29)30)10-17(22)13-27-23(28)19-8-7-18(25)12-21(19)26/h4-12H,3,13H2,1-2H3,(H,27,28)(H,29,30). The van der Waals surface area contributed by atoms with E-state index in [2.05, 4.69) is 21.2 Å². The molecule has 7 heteroatoms. The molecule has 0 aromatic heterocycles. The number of benzene rings is 3. The molecule has 2 N–H and O–H groups in total. The zero-order chi connectivity index (χ0) is 22.5. The summed E-state index contributed by atoms with van der Waals surface area (Å²) in [5.41, 5.74) is 3.06. The van der Waals surface area contributed by atoms with Gasteiger partial charge < -0.3 is 15.2 Å². The molecular formula is C24H21BrFNO4. The van der Waals surface area contributed by atoms with E-state index in [-0.39, 0.29) is 17.7 Å². The number of carboxylic acids is 1. The average Bonchev–Trinajstić information content (AvgIpc) is 2.73. The summed E-state index contributed by atoms with van der Waals surface area (Å²) >= 11 is 3.17. The number of halogens is 2. The predicted molar refractivity (Wildman–Crippen MR) is 120 cm³/mol. The van der Waals surface area contributed by atoms with E-state index in [9.17, 15) is 19.1 Å². The SMILES string of the molecule is CCOc1ccc(-c2ccc(C)c(C(=O)O)c2)cc1CNC(=O)c1ccc(Br)cc1F. The molecule has 0 fully saturated rings. The summed E-state index contributed by atoms with van der Waals surface area (Å²) in [6.07, 6.45) is 0. The van der Waals surface area contributed by atoms with Crippen molar-refractivity contribution < 1.29 is 23.8 Å². The quantitative estimate of drug-likeness (QED) is 0.457. The van der Waals surface area contributed by atoms with Crippen LogP contribution in [0.4, 0.5) is 4.39 Å². The number of hydrogen-bond acceptors (Lipinski definition) is 3. The Bertz CT molecular complexity index is 1150. The molecule has 3 aromatic rings. The van der Waals surface area contributed by atoms with Crippen LogP contribution in [-0.2, 0) is 6.54 Å². The summed E-state index contributed by atoms with van der Waals surface area (Å²) in [6, 6.07) is 14.9. The lowest BCUT2D eigenvalue weighted by atomic mass is 9.98. The summed E-state index contributed by atoms with van der Waals surface area (Å²) in [4.78, 5) is 23.9. The summed E-state index contributed by atoms with van der Waals surface area (Å²) in [7, 11) is 0. The zero-order valence-corrected chi connectivity index (χ0v) is 18.6. The largest absolute Gasteiger partial charge is 0.494 e. The molecule has 0 unspecified atom stereocenters. The highest BCUT2D eigenvalue weighted by Gasteiger charge is 2.14. The average molecular weight is 486 g/mol. The smallest absolute Gasteiger partial charge is 0.335 e. The third kappa shape index (κ3) is 5.30. The predicted octanol–water partition coefficient (Wildman–Crippen LogP) is 5.59. The number of carbonyl (C=O) groups is 2. The maximum Gasteiger partial charge on any atom is 0.335 e. The fraction of sp³-hybridized carbons (Fsp3) is 0.167. The molecule has 1 amide bonds. The Balaban J connectivity index is 1.89. The molecule has 0 atom stereocenters. The second-order valence-electron chi connectivity index (χ2n) is 6.90. The number of rotatable bonds is 7. The first-order valence-corrected chi connectivity index (χ1v) is 10.4. The highest BCUT2D eigenvalue weighted by molar-refractivity contribution is 9.10. The van der Waals surface area contributed by atoms with E-state index in [1.165, 1.54) is 12.1 Å². The van der Waals surface area contributed by atoms with Crippen molar-refractivity contribution in [2.45, 2.75) is 20.4 Å². The Morgan fingerprint density at radius 2 is 1.74 bits per heavy atom. The lowest BCUT2D eigenvalue weighted by Crippen LogP contribution is -2.24. The maximum absolute atomic E-state index is 14.1. The van der Waals surface area contributed by atoms with Gasteiger partial charge in [-0.2, -0.15) is 0 Å². The molecule has 0 aliphatic carbocycles. The molecule has 0 spiro atoms. The first-order chi connectivity index (χ1) is 14.8. The van der Waals surface area contributed by atoms with Crippen molar-refractivity contribution in [1.82, 2.24) is 5.32 Å². The number of carbonyl (C=O) groups excluding carboxylic acids is 1. The van der Waals surface area contributed by atoms with Gasteiger partial charge in [0.25, 0.3) is 5.91 Å². The number of aromatic carboxylic acids is 1. The van der Waals surface area contributed by atoms with Crippen LogP contribution in [0.1, 0.15) is 38.8 Å². The molecule has 0 radical (unpaired) electrons. The molecular weight excluding hydrogens is 465 g/mol. The second kappa shape index (κ2) is 9.75. The first kappa shape index (κ1) is 22.5. The Kier molecular flexibility index (Phi) is 7.07. The maximum atomic E-state index is 14.1. The number of carboxylic acid groups (broad SMARTS) is 1. The normalized spacial score (nSPS) is 10.6. The van der Waals surface area contributed by atoms with Crippen LogP contribution in [0.3, 0.4) is 0 Å². The van der Waals surface area contributed by atoms with Gasteiger partial charge in [-0.15, -0.1) is 0 Å². The number of amides is 1. The van der Waals surface area contributed by atoms with Gasteiger partial charge in [0, 0.05) is 16.6 Å². The van der Waals surface area contributed by atoms with Gasteiger partial charge in [-0.25, -0.2) is 9.18 Å². The van der Waals surface area contributed by atoms with E-state index in [0.29, 0.717) is 28.0 Å². The minimum atomic E-state index is -0.991. The van der Waals surface area contributed by atoms with Gasteiger partial charge >= 0.3 is 5.97 Å². The van der Waals surface area contributed by atoms with Crippen molar-refractivity contribution in [3.8, 4) is 16.9 Å². The van der Waals surface area contributed by atoms with Gasteiger partial charge in [0.15, 0.2) is 0 Å². The lowest BCUT2D eigenvalue weighted by Gasteiger charge is -2.14. The molecule has 5 nitrogen and oxygen atoms in total. The van der Waals surface area contributed by atoms with Crippen LogP contribution in [0.25, 0.3) is 11.1 Å². The van der Waals surface area contributed by atoms with Gasteiger partial charge in [0.2, 0.25) is 0 Å². The van der Waals surface area contributed by atoms with Gasteiger partial charge in [-0.05, 0) is 66.9 Å². The van der Waals surface area contributed by atoms with Crippen molar-refractivity contribution in [2.75, 3.05) is 6.61 Å². The Hall–Kier alpha value is -3.19. The topological polar surface area (TPSA) is 75.6 Å². The van der Waals surface area contributed by atoms with Crippen LogP contribution < -0.4 is 10.1 Å². The van der Waals surface area contributed by atoms with E-state index >= 15 is 0 Å². The zero-order valence-electron chi connectivity index (χ0n) is 17.0. The highest BCUT2D eigenvalue weighted by atomic mass is 79.9. The number of nitrogens with one attached hydrogen (secondary N) is 1. The third-order valence-corrected chi connectivity index (χ3v) is 5.27. The molecule has 3 rings (SSSR count). The van der Waals surface area contributed by atoms with E-state index < -0.39 is 17.7 Å². The Labute approximate surface area is 188 Å². The van der Waals surface area contributed by atoms with Crippen molar-refractivity contribution in [3.63, 3.8) is 0 Å². The van der Waals surface area contributed by atoms with Gasteiger partial charge in [0.1, 0.15) is 11.6 Å². The number of hydrogen-bond donors (Lipinski definition) is 2. The van der Waals surface area contributed by atoms with E-state index in [0.717, 1.165) is 11.1 Å². The number of aryl methyl sites for hydroxylation is 1. The molecule has 0 heterocycles. The van der Waals surface area contributed by atoms with Gasteiger partial charge in [-0.1, -0.05) is 34.1 Å². The van der Waals surface area contributed by atoms with E-state index in [4.69, 9.17) is 4.74 Å². The summed E-state index contributed by atoms with van der Waals surface area (Å²) in [5, 5.41) is 12.1. The molecule has 0 saturated carbocycles. The van der Waals surface area contributed by atoms with Crippen LogP contribution in [0, 0.1) is 12.7 Å². The molecule has 0 aliphatic heterocycles. The monoisotopic (exact) mass is 485 g/mol. The molecule has 0 bridgehead atoms. The van der Waals surface area contributed by atoms with Crippen molar-refractivity contribution in [3.05, 3.63) is 87.1 Å². The van der Waals surface area contributed by atoms with Crippen LogP contribution in [0.2, 0.25) is 0 Å². The number of ether oxygens (including phenoxy) is 1. The lowest BCUT2D eigenvalue weighted by molar-refractivity contribution is 0.0696. The summed E-state index contributed by atoms with van der Waals surface area (Å²) in [6.45, 7) is 4.16. The molecule has 160 valence electrons. The van der Waals surface area contributed by atoms with Crippen LogP contribution in [-0.4, -0.2) is 23.6 Å². The fourth-order valence-electron chi connectivity index (χ4n) is 3.17. The van der Waals surface area contributed by atoms with Crippen LogP contribution >= 0.6 is 15.9 Å². The Morgan fingerprint density at radius 3 is 2.42 bits per heavy atom. The Morgan fingerprint density at radius 1 is 1.03 bits per heavy atom. The molecule has 0 saturated heterocycles. The third-order valence-electron chi connectivity index (χ3n) is 4.78. The highest BCUT2D eigenvalue weighted by Crippen LogP contribution is 2.28. The van der Waals surface area contributed by atoms with Crippen molar-refractivity contribution >= 4 is 27.8 Å². The van der Waals surface area contributed by atoms with Crippen molar-refractivity contribution in [1.29, 1.82) is 0 Å². The van der Waals surface area contributed by atoms with E-state index in [1.54, 1.807) is 31.2 Å². The second-order valence-corrected chi connectivity index (χ2v) is 7.81. The molecule has 3 aromatic carbocycles.